The molecule has 0 radical (unpaired) electrons. The molecule has 0 spiro atoms. The Labute approximate surface area is 88.2 Å². The lowest BCUT2D eigenvalue weighted by molar-refractivity contribution is 0.300. The van der Waals surface area contributed by atoms with Crippen molar-refractivity contribution in [2.24, 2.45) is 0 Å². The summed E-state index contributed by atoms with van der Waals surface area (Å²) in [4.78, 5) is 2.45. The van der Waals surface area contributed by atoms with Crippen LogP contribution in [0.3, 0.4) is 0 Å². The molecule has 1 unspecified atom stereocenters. The van der Waals surface area contributed by atoms with Crippen LogP contribution < -0.4 is 10.6 Å². The monoisotopic (exact) mass is 199 g/mol. The predicted octanol–water partition coefficient (Wildman–Crippen LogP) is 0.670. The molecule has 1 saturated heterocycles. The lowest BCUT2D eigenvalue weighted by atomic mass is 10.2. The maximum atomic E-state index is 3.52. The Morgan fingerprint density at radius 3 is 2.71 bits per heavy atom. The average molecular weight is 199 g/mol. The first kappa shape index (κ1) is 12.0. The fourth-order valence-corrected chi connectivity index (χ4v) is 1.98. The minimum Gasteiger partial charge on any atom is -0.314 e. The molecular formula is C11H25N3. The molecule has 3 nitrogen and oxygen atoms in total. The molecule has 3 heteroatoms. The highest BCUT2D eigenvalue weighted by Gasteiger charge is 2.12. The summed E-state index contributed by atoms with van der Waals surface area (Å²) >= 11 is 0. The van der Waals surface area contributed by atoms with Crippen LogP contribution in [0.25, 0.3) is 0 Å². The van der Waals surface area contributed by atoms with E-state index in [2.05, 4.69) is 29.4 Å². The van der Waals surface area contributed by atoms with Gasteiger partial charge in [-0.2, -0.15) is 0 Å². The van der Waals surface area contributed by atoms with Crippen LogP contribution in [-0.4, -0.2) is 50.2 Å². The van der Waals surface area contributed by atoms with Gasteiger partial charge in [0, 0.05) is 25.7 Å². The van der Waals surface area contributed by atoms with Crippen molar-refractivity contribution < 1.29 is 0 Å². The largest absolute Gasteiger partial charge is 0.314 e. The number of hydrogen-bond acceptors (Lipinski definition) is 3. The Hall–Kier alpha value is -0.120. The molecule has 1 aliphatic rings. The second-order valence-corrected chi connectivity index (χ2v) is 4.02. The predicted molar refractivity (Wildman–Crippen MR) is 61.7 cm³/mol. The number of hydrogen-bond donors (Lipinski definition) is 2. The van der Waals surface area contributed by atoms with Crippen LogP contribution in [-0.2, 0) is 0 Å². The van der Waals surface area contributed by atoms with Gasteiger partial charge >= 0.3 is 0 Å². The van der Waals surface area contributed by atoms with Gasteiger partial charge in [-0.3, -0.25) is 0 Å². The Morgan fingerprint density at radius 2 is 2.14 bits per heavy atom. The summed E-state index contributed by atoms with van der Waals surface area (Å²) in [5, 5.41) is 7.02. The van der Waals surface area contributed by atoms with Gasteiger partial charge in [-0.25, -0.2) is 0 Å². The summed E-state index contributed by atoms with van der Waals surface area (Å²) in [6.07, 6.45) is 2.70. The van der Waals surface area contributed by atoms with Crippen molar-refractivity contribution in [3.8, 4) is 0 Å². The summed E-state index contributed by atoms with van der Waals surface area (Å²) in [6.45, 7) is 11.4. The van der Waals surface area contributed by atoms with Crippen molar-refractivity contribution in [2.45, 2.75) is 32.7 Å². The fourth-order valence-electron chi connectivity index (χ4n) is 1.98. The molecule has 1 rings (SSSR count). The van der Waals surface area contributed by atoms with Gasteiger partial charge in [-0.05, 0) is 32.5 Å². The van der Waals surface area contributed by atoms with Crippen LogP contribution in [0.1, 0.15) is 26.7 Å². The molecule has 1 heterocycles. The SMILES string of the molecule is CCN(CC)CCNCC1CCCN1. The zero-order valence-electron chi connectivity index (χ0n) is 9.68. The van der Waals surface area contributed by atoms with Gasteiger partial charge in [0.2, 0.25) is 0 Å². The van der Waals surface area contributed by atoms with Crippen molar-refractivity contribution >= 4 is 0 Å². The molecule has 2 N–H and O–H groups in total. The molecule has 0 amide bonds. The molecule has 0 aromatic carbocycles. The Morgan fingerprint density at radius 1 is 1.36 bits per heavy atom. The summed E-state index contributed by atoms with van der Waals surface area (Å²) in [5.41, 5.74) is 0. The maximum absolute atomic E-state index is 3.52. The molecule has 0 aromatic rings. The zero-order chi connectivity index (χ0) is 10.2. The smallest absolute Gasteiger partial charge is 0.0192 e. The van der Waals surface area contributed by atoms with Gasteiger partial charge in [0.15, 0.2) is 0 Å². The number of rotatable bonds is 7. The van der Waals surface area contributed by atoms with E-state index in [1.165, 1.54) is 39.0 Å². The third kappa shape index (κ3) is 4.40. The number of nitrogens with one attached hydrogen (secondary N) is 2. The Kier molecular flexibility index (Phi) is 6.15. The quantitative estimate of drug-likeness (QED) is 0.590. The van der Waals surface area contributed by atoms with Crippen LogP contribution in [0.4, 0.5) is 0 Å². The van der Waals surface area contributed by atoms with Crippen LogP contribution in [0, 0.1) is 0 Å². The van der Waals surface area contributed by atoms with E-state index < -0.39 is 0 Å². The van der Waals surface area contributed by atoms with E-state index in [4.69, 9.17) is 0 Å². The highest BCUT2D eigenvalue weighted by atomic mass is 15.1. The molecule has 0 aliphatic carbocycles. The van der Waals surface area contributed by atoms with Crippen molar-refractivity contribution in [3.05, 3.63) is 0 Å². The summed E-state index contributed by atoms with van der Waals surface area (Å²) in [5.74, 6) is 0. The van der Waals surface area contributed by atoms with Gasteiger partial charge in [0.05, 0.1) is 0 Å². The molecule has 14 heavy (non-hydrogen) atoms. The first-order chi connectivity index (χ1) is 6.86. The van der Waals surface area contributed by atoms with Gasteiger partial charge in [-0.1, -0.05) is 13.8 Å². The minimum absolute atomic E-state index is 0.728. The van der Waals surface area contributed by atoms with Crippen molar-refractivity contribution in [1.29, 1.82) is 0 Å². The highest BCUT2D eigenvalue weighted by Crippen LogP contribution is 2.02. The van der Waals surface area contributed by atoms with E-state index in [9.17, 15) is 0 Å². The zero-order valence-corrected chi connectivity index (χ0v) is 9.68. The second kappa shape index (κ2) is 7.21. The standard InChI is InChI=1S/C11H25N3/c1-3-14(4-2)9-8-12-10-11-6-5-7-13-11/h11-13H,3-10H2,1-2H3. The first-order valence-corrected chi connectivity index (χ1v) is 6.03. The van der Waals surface area contributed by atoms with Gasteiger partial charge in [0.1, 0.15) is 0 Å². The van der Waals surface area contributed by atoms with E-state index in [0.29, 0.717) is 0 Å². The van der Waals surface area contributed by atoms with E-state index in [1.807, 2.05) is 0 Å². The minimum atomic E-state index is 0.728. The molecule has 0 bridgehead atoms. The van der Waals surface area contributed by atoms with E-state index in [0.717, 1.165) is 19.1 Å². The Balaban J connectivity index is 1.92. The van der Waals surface area contributed by atoms with Crippen molar-refractivity contribution in [2.75, 3.05) is 39.3 Å². The molecule has 0 aromatic heterocycles. The molecule has 1 fully saturated rings. The van der Waals surface area contributed by atoms with Crippen molar-refractivity contribution in [3.63, 3.8) is 0 Å². The van der Waals surface area contributed by atoms with Crippen LogP contribution in [0.2, 0.25) is 0 Å². The number of nitrogens with zero attached hydrogens (tertiary/aromatic N) is 1. The summed E-state index contributed by atoms with van der Waals surface area (Å²) < 4.78 is 0. The van der Waals surface area contributed by atoms with Crippen LogP contribution in [0.5, 0.6) is 0 Å². The summed E-state index contributed by atoms with van der Waals surface area (Å²) in [7, 11) is 0. The fraction of sp³-hybridized carbons (Fsp3) is 1.00. The third-order valence-corrected chi connectivity index (χ3v) is 3.05. The van der Waals surface area contributed by atoms with E-state index >= 15 is 0 Å². The second-order valence-electron chi connectivity index (χ2n) is 4.02. The van der Waals surface area contributed by atoms with Gasteiger partial charge < -0.3 is 15.5 Å². The molecule has 84 valence electrons. The van der Waals surface area contributed by atoms with E-state index in [1.54, 1.807) is 0 Å². The topological polar surface area (TPSA) is 27.3 Å². The number of likely N-dealkylation sites (N-methyl/N-ethyl adjacent to an activating group) is 1. The normalized spacial score (nSPS) is 22.1. The van der Waals surface area contributed by atoms with Crippen LogP contribution in [0.15, 0.2) is 0 Å². The highest BCUT2D eigenvalue weighted by molar-refractivity contribution is 4.76. The molecule has 1 aliphatic heterocycles. The first-order valence-electron chi connectivity index (χ1n) is 6.03. The third-order valence-electron chi connectivity index (χ3n) is 3.05. The molecule has 0 saturated carbocycles. The lowest BCUT2D eigenvalue weighted by Crippen LogP contribution is -2.38. The summed E-state index contributed by atoms with van der Waals surface area (Å²) in [6, 6.07) is 0.728. The Bertz CT molecular complexity index is 124. The molecular weight excluding hydrogens is 174 g/mol. The van der Waals surface area contributed by atoms with Gasteiger partial charge in [-0.15, -0.1) is 0 Å². The van der Waals surface area contributed by atoms with Crippen LogP contribution >= 0.6 is 0 Å². The van der Waals surface area contributed by atoms with Gasteiger partial charge in [0.25, 0.3) is 0 Å². The van der Waals surface area contributed by atoms with Crippen molar-refractivity contribution in [1.82, 2.24) is 15.5 Å². The maximum Gasteiger partial charge on any atom is 0.0192 e. The van der Waals surface area contributed by atoms with E-state index in [-0.39, 0.29) is 0 Å². The average Bonchev–Trinajstić information content (AvgIpc) is 2.71. The lowest BCUT2D eigenvalue weighted by Gasteiger charge is -2.19. The molecule has 1 atom stereocenters.